The Morgan fingerprint density at radius 2 is 1.80 bits per heavy atom. The van der Waals surface area contributed by atoms with E-state index in [1.54, 1.807) is 13.0 Å². The van der Waals surface area contributed by atoms with E-state index in [9.17, 15) is 13.2 Å². The van der Waals surface area contributed by atoms with Gasteiger partial charge in [-0.2, -0.15) is 0 Å². The summed E-state index contributed by atoms with van der Waals surface area (Å²) >= 11 is 0. The van der Waals surface area contributed by atoms with E-state index in [0.29, 0.717) is 5.56 Å². The minimum absolute atomic E-state index is 0.0238. The average molecular weight is 433 g/mol. The summed E-state index contributed by atoms with van der Waals surface area (Å²) < 4.78 is 38.6. The molecular formula is C22H28N2O5S. The summed E-state index contributed by atoms with van der Waals surface area (Å²) in [6, 6.07) is 11.8. The lowest BCUT2D eigenvalue weighted by atomic mass is 10.1. The number of hydrogen-bond acceptors (Lipinski definition) is 6. The van der Waals surface area contributed by atoms with E-state index in [2.05, 4.69) is 16.7 Å². The van der Waals surface area contributed by atoms with Crippen LogP contribution in [0.5, 0.6) is 5.75 Å². The van der Waals surface area contributed by atoms with Crippen LogP contribution in [0.15, 0.2) is 47.4 Å². The Labute approximate surface area is 178 Å². The largest absolute Gasteiger partial charge is 0.490 e. The van der Waals surface area contributed by atoms with Crippen molar-refractivity contribution in [3.63, 3.8) is 0 Å². The quantitative estimate of drug-likeness (QED) is 0.678. The highest BCUT2D eigenvalue weighted by molar-refractivity contribution is 7.89. The number of carbonyl (C=O) groups excluding carboxylic acids is 1. The molecule has 3 rings (SSSR count). The maximum absolute atomic E-state index is 12.6. The molecule has 0 bridgehead atoms. The van der Waals surface area contributed by atoms with Crippen molar-refractivity contribution < 1.29 is 22.7 Å². The topological polar surface area (TPSA) is 84.9 Å². The van der Waals surface area contributed by atoms with Gasteiger partial charge in [-0.3, -0.25) is 0 Å². The summed E-state index contributed by atoms with van der Waals surface area (Å²) in [6.45, 7) is 3.92. The minimum Gasteiger partial charge on any atom is -0.490 e. The van der Waals surface area contributed by atoms with Gasteiger partial charge in [-0.1, -0.05) is 18.2 Å². The Bertz CT molecular complexity index is 981. The predicted molar refractivity (Wildman–Crippen MR) is 114 cm³/mol. The summed E-state index contributed by atoms with van der Waals surface area (Å²) in [7, 11) is -0.396. The third-order valence-electron chi connectivity index (χ3n) is 5.28. The Hall–Kier alpha value is -2.42. The summed E-state index contributed by atoms with van der Waals surface area (Å²) in [6.07, 6.45) is 2.22. The van der Waals surface area contributed by atoms with Gasteiger partial charge >= 0.3 is 5.97 Å². The van der Waals surface area contributed by atoms with Crippen molar-refractivity contribution >= 4 is 16.0 Å². The molecule has 0 saturated carbocycles. The first-order chi connectivity index (χ1) is 14.3. The second-order valence-corrected chi connectivity index (χ2v) is 9.32. The molecular weight excluding hydrogens is 404 g/mol. The van der Waals surface area contributed by atoms with E-state index in [0.717, 1.165) is 37.2 Å². The summed E-state index contributed by atoms with van der Waals surface area (Å²) in [5.41, 5.74) is 1.70. The van der Waals surface area contributed by atoms with Crippen LogP contribution in [-0.2, 0) is 21.3 Å². The Morgan fingerprint density at radius 3 is 2.43 bits per heavy atom. The molecule has 0 radical (unpaired) electrons. The van der Waals surface area contributed by atoms with Gasteiger partial charge in [0.05, 0.1) is 17.6 Å². The molecule has 1 N–H and O–H groups in total. The predicted octanol–water partition coefficient (Wildman–Crippen LogP) is 2.73. The molecule has 1 aliphatic rings. The van der Waals surface area contributed by atoms with Crippen LogP contribution in [0.1, 0.15) is 34.3 Å². The van der Waals surface area contributed by atoms with Gasteiger partial charge in [0.15, 0.2) is 0 Å². The van der Waals surface area contributed by atoms with Gasteiger partial charge in [0.1, 0.15) is 11.9 Å². The van der Waals surface area contributed by atoms with E-state index in [1.165, 1.54) is 19.2 Å². The molecule has 0 spiro atoms. The molecule has 1 saturated heterocycles. The van der Waals surface area contributed by atoms with Crippen molar-refractivity contribution in [3.05, 3.63) is 59.2 Å². The Morgan fingerprint density at radius 1 is 1.13 bits per heavy atom. The van der Waals surface area contributed by atoms with Gasteiger partial charge in [0, 0.05) is 19.6 Å². The first-order valence-corrected chi connectivity index (χ1v) is 11.4. The standard InChI is InChI=1S/C22H28N2O5S/c1-16-4-9-20(14-21(16)22(25)28-3)30(26,27)23-15-17-5-7-18(8-6-17)29-19-10-12-24(2)13-11-19/h4-9,14,19,23H,10-13,15H2,1-3H3. The zero-order chi connectivity index (χ0) is 21.7. The smallest absolute Gasteiger partial charge is 0.338 e. The molecule has 1 aliphatic heterocycles. The molecule has 1 fully saturated rings. The third-order valence-corrected chi connectivity index (χ3v) is 6.68. The number of methoxy groups -OCH3 is 1. The Balaban J connectivity index is 1.61. The summed E-state index contributed by atoms with van der Waals surface area (Å²) in [4.78, 5) is 14.1. The molecule has 8 heteroatoms. The summed E-state index contributed by atoms with van der Waals surface area (Å²) in [5, 5.41) is 0. The number of nitrogens with zero attached hydrogens (tertiary/aromatic N) is 1. The number of nitrogens with one attached hydrogen (secondary N) is 1. The van der Waals surface area contributed by atoms with Gasteiger partial charge in [-0.15, -0.1) is 0 Å². The van der Waals surface area contributed by atoms with Crippen LogP contribution in [0.3, 0.4) is 0 Å². The maximum Gasteiger partial charge on any atom is 0.338 e. The zero-order valence-electron chi connectivity index (χ0n) is 17.6. The number of piperidine rings is 1. The fraction of sp³-hybridized carbons (Fsp3) is 0.409. The van der Waals surface area contributed by atoms with Crippen LogP contribution in [0, 0.1) is 6.92 Å². The van der Waals surface area contributed by atoms with Crippen molar-refractivity contribution in [2.75, 3.05) is 27.2 Å². The molecule has 2 aromatic carbocycles. The van der Waals surface area contributed by atoms with Crippen molar-refractivity contribution in [1.29, 1.82) is 0 Å². The van der Waals surface area contributed by atoms with Crippen molar-refractivity contribution in [3.8, 4) is 5.75 Å². The number of likely N-dealkylation sites (tertiary alicyclic amines) is 1. The van der Waals surface area contributed by atoms with Crippen LogP contribution in [0.25, 0.3) is 0 Å². The highest BCUT2D eigenvalue weighted by Gasteiger charge is 2.19. The maximum atomic E-state index is 12.6. The number of esters is 1. The van der Waals surface area contributed by atoms with Gasteiger partial charge in [0.2, 0.25) is 10.0 Å². The molecule has 0 aliphatic carbocycles. The fourth-order valence-electron chi connectivity index (χ4n) is 3.34. The molecule has 7 nitrogen and oxygen atoms in total. The second-order valence-electron chi connectivity index (χ2n) is 7.56. The molecule has 0 unspecified atom stereocenters. The third kappa shape index (κ3) is 5.59. The van der Waals surface area contributed by atoms with Crippen molar-refractivity contribution in [2.45, 2.75) is 37.3 Å². The molecule has 2 aromatic rings. The van der Waals surface area contributed by atoms with E-state index in [1.807, 2.05) is 24.3 Å². The van der Waals surface area contributed by atoms with E-state index in [-0.39, 0.29) is 23.1 Å². The van der Waals surface area contributed by atoms with Gasteiger partial charge in [-0.25, -0.2) is 17.9 Å². The monoisotopic (exact) mass is 432 g/mol. The Kier molecular flexibility index (Phi) is 7.12. The number of aryl methyl sites for hydroxylation is 1. The SMILES string of the molecule is COC(=O)c1cc(S(=O)(=O)NCc2ccc(OC3CCN(C)CC3)cc2)ccc1C. The number of hydrogen-bond donors (Lipinski definition) is 1. The number of rotatable bonds is 7. The van der Waals surface area contributed by atoms with Gasteiger partial charge in [-0.05, 0) is 62.2 Å². The zero-order valence-corrected chi connectivity index (χ0v) is 18.4. The molecule has 162 valence electrons. The highest BCUT2D eigenvalue weighted by Crippen LogP contribution is 2.20. The minimum atomic E-state index is -3.77. The average Bonchev–Trinajstić information content (AvgIpc) is 2.74. The molecule has 0 atom stereocenters. The fourth-order valence-corrected chi connectivity index (χ4v) is 4.38. The van der Waals surface area contributed by atoms with E-state index < -0.39 is 16.0 Å². The first kappa shape index (κ1) is 22.3. The lowest BCUT2D eigenvalue weighted by Crippen LogP contribution is -2.35. The molecule has 1 heterocycles. The highest BCUT2D eigenvalue weighted by atomic mass is 32.2. The van der Waals surface area contributed by atoms with Crippen LogP contribution in [0.2, 0.25) is 0 Å². The van der Waals surface area contributed by atoms with Crippen LogP contribution in [0.4, 0.5) is 0 Å². The molecule has 0 aromatic heterocycles. The normalized spacial score (nSPS) is 15.7. The van der Waals surface area contributed by atoms with Crippen molar-refractivity contribution in [1.82, 2.24) is 9.62 Å². The van der Waals surface area contributed by atoms with E-state index in [4.69, 9.17) is 9.47 Å². The van der Waals surface area contributed by atoms with Gasteiger partial charge < -0.3 is 14.4 Å². The van der Waals surface area contributed by atoms with Crippen molar-refractivity contribution in [2.24, 2.45) is 0 Å². The molecule has 0 amide bonds. The molecule has 30 heavy (non-hydrogen) atoms. The van der Waals surface area contributed by atoms with E-state index >= 15 is 0 Å². The second kappa shape index (κ2) is 9.59. The van der Waals surface area contributed by atoms with Crippen LogP contribution in [-0.4, -0.2) is 52.6 Å². The number of ether oxygens (including phenoxy) is 2. The first-order valence-electron chi connectivity index (χ1n) is 9.91. The van der Waals surface area contributed by atoms with Gasteiger partial charge in [0.25, 0.3) is 0 Å². The summed E-state index contributed by atoms with van der Waals surface area (Å²) in [5.74, 6) is 0.224. The lowest BCUT2D eigenvalue weighted by molar-refractivity contribution is 0.0599. The number of benzene rings is 2. The number of sulfonamides is 1. The van der Waals surface area contributed by atoms with Crippen LogP contribution < -0.4 is 9.46 Å². The number of carbonyl (C=O) groups is 1. The van der Waals surface area contributed by atoms with Crippen LogP contribution >= 0.6 is 0 Å². The lowest BCUT2D eigenvalue weighted by Gasteiger charge is -2.29.